The highest BCUT2D eigenvalue weighted by atomic mass is 17.1. The van der Waals surface area contributed by atoms with Gasteiger partial charge in [0, 0.05) is 33.8 Å². The molecule has 0 radical (unpaired) electrons. The Balaban J connectivity index is -0.000000587. The molecule has 8 heteroatoms. The molecule has 144 valence electrons. The molecule has 5 N–H and O–H groups in total. The fraction of sp³-hybridized carbons (Fsp3) is 0.688. The summed E-state index contributed by atoms with van der Waals surface area (Å²) in [6.45, 7) is 10.2. The van der Waals surface area contributed by atoms with Crippen LogP contribution in [0.25, 0.3) is 0 Å². The molecule has 0 aliphatic carbocycles. The van der Waals surface area contributed by atoms with Gasteiger partial charge in [-0.2, -0.15) is 4.98 Å². The van der Waals surface area contributed by atoms with Crippen molar-refractivity contribution < 1.29 is 22.5 Å². The molecular formula is C16H36N4O4. The molecule has 8 nitrogen and oxygen atoms in total. The molecule has 1 aliphatic heterocycles. The Morgan fingerprint density at radius 2 is 1.92 bits per heavy atom. The van der Waals surface area contributed by atoms with Crippen LogP contribution in [0, 0.1) is 0 Å². The van der Waals surface area contributed by atoms with Crippen LogP contribution in [0.4, 0.5) is 11.5 Å². The molecule has 24 heavy (non-hydrogen) atoms. The zero-order chi connectivity index (χ0) is 18.2. The minimum absolute atomic E-state index is 0. The molecule has 1 fully saturated rings. The van der Waals surface area contributed by atoms with E-state index in [1.807, 2.05) is 19.9 Å². The molecule has 2 heterocycles. The summed E-state index contributed by atoms with van der Waals surface area (Å²) in [6, 6.07) is 3.62. The largest absolute Gasteiger partial charge is 0.475 e. The molecule has 1 aliphatic rings. The van der Waals surface area contributed by atoms with Gasteiger partial charge in [-0.1, -0.05) is 20.8 Å². The van der Waals surface area contributed by atoms with Gasteiger partial charge in [-0.05, 0) is 13.0 Å². The van der Waals surface area contributed by atoms with Crippen molar-refractivity contribution in [3.8, 4) is 5.88 Å². The summed E-state index contributed by atoms with van der Waals surface area (Å²) in [4.78, 5) is 10.2. The standard InChI is InChI=1S/C11H17N3O4.C3H9N.C2H6.2H2/c12-10-7-9(14-1-3-16-4-2-14)8-11(13-10)17-5-6-18-15;1-2-3-4;1-2;;/h7-8,15H,1-6H2,(H2,12,13);2-4H2,1H3;1-2H3;2*1H. The van der Waals surface area contributed by atoms with E-state index in [2.05, 4.69) is 21.7 Å². The number of anilines is 2. The van der Waals surface area contributed by atoms with E-state index in [0.717, 1.165) is 31.7 Å². The normalized spacial score (nSPS) is 13.3. The van der Waals surface area contributed by atoms with Gasteiger partial charge >= 0.3 is 0 Å². The SMILES string of the molecule is CC.CCCN.Nc1cc(N2CCOCC2)cc(OCCOO)n1.[HH].[HH]. The zero-order valence-electron chi connectivity index (χ0n) is 15.0. The van der Waals surface area contributed by atoms with Crippen LogP contribution in [0.1, 0.15) is 30.0 Å². The Morgan fingerprint density at radius 3 is 2.46 bits per heavy atom. The van der Waals surface area contributed by atoms with Crippen LogP contribution in [0.15, 0.2) is 12.1 Å². The van der Waals surface area contributed by atoms with Crippen LogP contribution in [0.5, 0.6) is 5.88 Å². The summed E-state index contributed by atoms with van der Waals surface area (Å²) < 4.78 is 10.6. The van der Waals surface area contributed by atoms with E-state index in [9.17, 15) is 0 Å². The lowest BCUT2D eigenvalue weighted by Gasteiger charge is -2.29. The second-order valence-corrected chi connectivity index (χ2v) is 4.66. The van der Waals surface area contributed by atoms with Gasteiger partial charge < -0.3 is 25.8 Å². The van der Waals surface area contributed by atoms with Crippen molar-refractivity contribution in [2.45, 2.75) is 27.2 Å². The Bertz CT molecular complexity index is 423. The van der Waals surface area contributed by atoms with Crippen molar-refractivity contribution in [2.24, 2.45) is 5.73 Å². The van der Waals surface area contributed by atoms with E-state index in [4.69, 9.17) is 26.2 Å². The third kappa shape index (κ3) is 9.51. The van der Waals surface area contributed by atoms with E-state index in [-0.39, 0.29) is 16.1 Å². The number of hydrogen-bond acceptors (Lipinski definition) is 8. The first-order chi connectivity index (χ1) is 11.7. The Hall–Kier alpha value is -1.61. The van der Waals surface area contributed by atoms with Crippen molar-refractivity contribution in [1.29, 1.82) is 0 Å². The topological polar surface area (TPSA) is 116 Å². The van der Waals surface area contributed by atoms with E-state index in [1.165, 1.54) is 0 Å². The van der Waals surface area contributed by atoms with Gasteiger partial charge in [0.15, 0.2) is 0 Å². The minimum Gasteiger partial charge on any atom is -0.475 e. The van der Waals surface area contributed by atoms with Crippen molar-refractivity contribution in [3.05, 3.63) is 12.1 Å². The smallest absolute Gasteiger partial charge is 0.217 e. The Kier molecular flexibility index (Phi) is 13.9. The minimum atomic E-state index is 0. The lowest BCUT2D eigenvalue weighted by molar-refractivity contribution is -0.245. The van der Waals surface area contributed by atoms with Crippen LogP contribution < -0.4 is 21.1 Å². The van der Waals surface area contributed by atoms with E-state index >= 15 is 0 Å². The van der Waals surface area contributed by atoms with E-state index < -0.39 is 0 Å². The summed E-state index contributed by atoms with van der Waals surface area (Å²) in [5, 5.41) is 8.21. The number of ether oxygens (including phenoxy) is 2. The van der Waals surface area contributed by atoms with Gasteiger partial charge in [0.2, 0.25) is 5.88 Å². The predicted octanol–water partition coefficient (Wildman–Crippen LogP) is 2.24. The summed E-state index contributed by atoms with van der Waals surface area (Å²) in [7, 11) is 0. The molecule has 0 aromatic carbocycles. The van der Waals surface area contributed by atoms with Gasteiger partial charge in [0.05, 0.1) is 13.2 Å². The van der Waals surface area contributed by atoms with Crippen molar-refractivity contribution >= 4 is 11.5 Å². The average molecular weight is 348 g/mol. The van der Waals surface area contributed by atoms with Crippen molar-refractivity contribution in [1.82, 2.24) is 4.98 Å². The van der Waals surface area contributed by atoms with E-state index in [1.54, 1.807) is 6.07 Å². The van der Waals surface area contributed by atoms with Gasteiger partial charge in [0.25, 0.3) is 0 Å². The fourth-order valence-corrected chi connectivity index (χ4v) is 1.77. The van der Waals surface area contributed by atoms with Crippen LogP contribution in [0.3, 0.4) is 0 Å². The number of aromatic nitrogens is 1. The predicted molar refractivity (Wildman–Crippen MR) is 101 cm³/mol. The maximum Gasteiger partial charge on any atom is 0.217 e. The summed E-state index contributed by atoms with van der Waals surface area (Å²) in [5.74, 6) is 0.826. The lowest BCUT2D eigenvalue weighted by Crippen LogP contribution is -2.36. The van der Waals surface area contributed by atoms with Crippen LogP contribution in [0.2, 0.25) is 0 Å². The van der Waals surface area contributed by atoms with Crippen LogP contribution in [-0.2, 0) is 9.62 Å². The van der Waals surface area contributed by atoms with Gasteiger partial charge in [-0.3, -0.25) is 5.26 Å². The number of nitrogen functional groups attached to an aromatic ring is 1. The molecule has 0 unspecified atom stereocenters. The molecule has 1 aromatic rings. The molecule has 1 aromatic heterocycles. The van der Waals surface area contributed by atoms with Gasteiger partial charge in [0.1, 0.15) is 19.0 Å². The number of pyridine rings is 1. The monoisotopic (exact) mass is 348 g/mol. The highest BCUT2D eigenvalue weighted by Crippen LogP contribution is 2.23. The molecule has 0 spiro atoms. The van der Waals surface area contributed by atoms with Gasteiger partial charge in [-0.15, -0.1) is 0 Å². The molecular weight excluding hydrogens is 312 g/mol. The third-order valence-corrected chi connectivity index (χ3v) is 2.90. The van der Waals surface area contributed by atoms with Crippen molar-refractivity contribution in [3.63, 3.8) is 0 Å². The first-order valence-corrected chi connectivity index (χ1v) is 8.40. The first kappa shape index (κ1) is 22.4. The van der Waals surface area contributed by atoms with E-state index in [0.29, 0.717) is 24.9 Å². The number of hydrogen-bond donors (Lipinski definition) is 3. The fourth-order valence-electron chi connectivity index (χ4n) is 1.77. The highest BCUT2D eigenvalue weighted by molar-refractivity contribution is 5.55. The maximum atomic E-state index is 8.21. The van der Waals surface area contributed by atoms with Gasteiger partial charge in [-0.25, -0.2) is 4.89 Å². The molecule has 1 saturated heterocycles. The Morgan fingerprint density at radius 1 is 1.29 bits per heavy atom. The number of morpholine rings is 1. The van der Waals surface area contributed by atoms with Crippen molar-refractivity contribution in [2.75, 3.05) is 56.7 Å². The second kappa shape index (κ2) is 14.9. The number of rotatable bonds is 6. The summed E-state index contributed by atoms with van der Waals surface area (Å²) in [5.41, 5.74) is 11.7. The number of nitrogens with two attached hydrogens (primary N) is 2. The molecule has 2 rings (SSSR count). The lowest BCUT2D eigenvalue weighted by atomic mass is 10.3. The second-order valence-electron chi connectivity index (χ2n) is 4.66. The number of nitrogens with zero attached hydrogens (tertiary/aromatic N) is 2. The third-order valence-electron chi connectivity index (χ3n) is 2.90. The summed E-state index contributed by atoms with van der Waals surface area (Å²) >= 11 is 0. The Labute approximate surface area is 147 Å². The molecule has 0 atom stereocenters. The average Bonchev–Trinajstić information content (AvgIpc) is 2.64. The van der Waals surface area contributed by atoms with Crippen LogP contribution >= 0.6 is 0 Å². The highest BCUT2D eigenvalue weighted by Gasteiger charge is 2.13. The molecule has 0 amide bonds. The molecule has 0 saturated carbocycles. The van der Waals surface area contributed by atoms with Crippen LogP contribution in [-0.4, -0.2) is 56.3 Å². The first-order valence-electron chi connectivity index (χ1n) is 8.40. The maximum absolute atomic E-state index is 8.21. The zero-order valence-corrected chi connectivity index (χ0v) is 15.0. The molecule has 0 bridgehead atoms. The quantitative estimate of drug-likeness (QED) is 0.407. The summed E-state index contributed by atoms with van der Waals surface area (Å²) in [6.07, 6.45) is 1.10.